The molecule has 0 aromatic heterocycles. The Kier molecular flexibility index (Phi) is 4.77. The van der Waals surface area contributed by atoms with Crippen molar-refractivity contribution in [3.63, 3.8) is 0 Å². The Labute approximate surface area is 100 Å². The highest BCUT2D eigenvalue weighted by atomic mass is 16.5. The molecule has 1 fully saturated rings. The molecule has 1 aliphatic rings. The fraction of sp³-hybridized carbons (Fsp3) is 1.00. The number of ether oxygens (including phenoxy) is 1. The first-order chi connectivity index (χ1) is 7.37. The molecule has 3 N–H and O–H groups in total. The van der Waals surface area contributed by atoms with E-state index in [1.165, 1.54) is 12.8 Å². The predicted octanol–water partition coefficient (Wildman–Crippen LogP) is 1.77. The zero-order valence-electron chi connectivity index (χ0n) is 11.3. The number of hydrogen-bond donors (Lipinski definition) is 2. The van der Waals surface area contributed by atoms with E-state index in [0.29, 0.717) is 0 Å². The topological polar surface area (TPSA) is 47.3 Å². The second-order valence-corrected chi connectivity index (χ2v) is 6.29. The van der Waals surface area contributed by atoms with E-state index in [1.807, 2.05) is 0 Å². The minimum atomic E-state index is -0.0165. The van der Waals surface area contributed by atoms with Crippen LogP contribution in [0.2, 0.25) is 0 Å². The molecule has 0 aliphatic heterocycles. The second kappa shape index (κ2) is 5.48. The van der Waals surface area contributed by atoms with Crippen LogP contribution >= 0.6 is 0 Å². The Balaban J connectivity index is 2.18. The SMILES string of the molecule is COCCC(C)(C)CNCC(C)(N)C1CC1. The van der Waals surface area contributed by atoms with Crippen molar-refractivity contribution in [3.8, 4) is 0 Å². The average molecular weight is 228 g/mol. The van der Waals surface area contributed by atoms with E-state index in [1.54, 1.807) is 7.11 Å². The zero-order valence-corrected chi connectivity index (χ0v) is 11.3. The van der Waals surface area contributed by atoms with Gasteiger partial charge >= 0.3 is 0 Å². The van der Waals surface area contributed by atoms with Crippen molar-refractivity contribution in [2.75, 3.05) is 26.8 Å². The zero-order chi connectivity index (χ0) is 12.2. The molecule has 0 bridgehead atoms. The van der Waals surface area contributed by atoms with Crippen molar-refractivity contribution in [3.05, 3.63) is 0 Å². The minimum absolute atomic E-state index is 0.0165. The van der Waals surface area contributed by atoms with E-state index < -0.39 is 0 Å². The van der Waals surface area contributed by atoms with Crippen LogP contribution in [0.5, 0.6) is 0 Å². The van der Waals surface area contributed by atoms with Gasteiger partial charge in [-0.2, -0.15) is 0 Å². The maximum atomic E-state index is 6.26. The first-order valence-corrected chi connectivity index (χ1v) is 6.36. The molecule has 0 amide bonds. The van der Waals surface area contributed by atoms with Gasteiger partial charge in [0.15, 0.2) is 0 Å². The molecule has 0 aromatic rings. The van der Waals surface area contributed by atoms with Crippen molar-refractivity contribution < 1.29 is 4.74 Å². The third kappa shape index (κ3) is 4.81. The highest BCUT2D eigenvalue weighted by molar-refractivity contribution is 4.96. The molecule has 3 heteroatoms. The highest BCUT2D eigenvalue weighted by Crippen LogP contribution is 2.37. The molecule has 1 rings (SSSR count). The molecule has 0 spiro atoms. The van der Waals surface area contributed by atoms with Crippen LogP contribution in [0, 0.1) is 11.3 Å². The lowest BCUT2D eigenvalue weighted by Crippen LogP contribution is -2.49. The predicted molar refractivity (Wildman–Crippen MR) is 68.5 cm³/mol. The van der Waals surface area contributed by atoms with E-state index in [9.17, 15) is 0 Å². The van der Waals surface area contributed by atoms with Gasteiger partial charge < -0.3 is 15.8 Å². The highest BCUT2D eigenvalue weighted by Gasteiger charge is 2.38. The van der Waals surface area contributed by atoms with E-state index >= 15 is 0 Å². The van der Waals surface area contributed by atoms with Gasteiger partial charge in [0.2, 0.25) is 0 Å². The van der Waals surface area contributed by atoms with Gasteiger partial charge in [0.1, 0.15) is 0 Å². The first-order valence-electron chi connectivity index (χ1n) is 6.36. The van der Waals surface area contributed by atoms with Gasteiger partial charge in [0.25, 0.3) is 0 Å². The van der Waals surface area contributed by atoms with Gasteiger partial charge in [-0.1, -0.05) is 13.8 Å². The van der Waals surface area contributed by atoms with Crippen LogP contribution in [-0.2, 0) is 4.74 Å². The van der Waals surface area contributed by atoms with Gasteiger partial charge in [-0.3, -0.25) is 0 Å². The summed E-state index contributed by atoms with van der Waals surface area (Å²) in [5.41, 5.74) is 6.54. The molecular weight excluding hydrogens is 200 g/mol. The quantitative estimate of drug-likeness (QED) is 0.665. The van der Waals surface area contributed by atoms with Crippen LogP contribution < -0.4 is 11.1 Å². The Morgan fingerprint density at radius 3 is 2.38 bits per heavy atom. The van der Waals surface area contributed by atoms with E-state index in [4.69, 9.17) is 10.5 Å². The fourth-order valence-electron chi connectivity index (χ4n) is 2.02. The lowest BCUT2D eigenvalue weighted by Gasteiger charge is -2.29. The standard InChI is InChI=1S/C13H28N2O/c1-12(2,7-8-16-4)9-15-10-13(3,14)11-5-6-11/h11,15H,5-10,14H2,1-4H3. The summed E-state index contributed by atoms with van der Waals surface area (Å²) in [4.78, 5) is 0. The molecule has 16 heavy (non-hydrogen) atoms. The van der Waals surface area contributed by atoms with Crippen molar-refractivity contribution in [1.82, 2.24) is 5.32 Å². The Morgan fingerprint density at radius 2 is 1.88 bits per heavy atom. The normalized spacial score (nSPS) is 20.8. The molecule has 0 aromatic carbocycles. The summed E-state index contributed by atoms with van der Waals surface area (Å²) in [6.07, 6.45) is 3.70. The Morgan fingerprint density at radius 1 is 1.25 bits per heavy atom. The molecule has 0 radical (unpaired) electrons. The van der Waals surface area contributed by atoms with Crippen LogP contribution in [0.1, 0.15) is 40.0 Å². The summed E-state index contributed by atoms with van der Waals surface area (Å²) >= 11 is 0. The van der Waals surface area contributed by atoms with Crippen LogP contribution in [-0.4, -0.2) is 32.3 Å². The monoisotopic (exact) mass is 228 g/mol. The van der Waals surface area contributed by atoms with Crippen molar-refractivity contribution >= 4 is 0 Å². The molecule has 0 saturated heterocycles. The summed E-state index contributed by atoms with van der Waals surface area (Å²) in [6.45, 7) is 9.47. The van der Waals surface area contributed by atoms with E-state index in [-0.39, 0.29) is 11.0 Å². The van der Waals surface area contributed by atoms with Gasteiger partial charge in [-0.15, -0.1) is 0 Å². The molecule has 1 saturated carbocycles. The van der Waals surface area contributed by atoms with Gasteiger partial charge in [0, 0.05) is 32.3 Å². The largest absolute Gasteiger partial charge is 0.385 e. The van der Waals surface area contributed by atoms with Crippen LogP contribution in [0.4, 0.5) is 0 Å². The third-order valence-electron chi connectivity index (χ3n) is 3.60. The molecular formula is C13H28N2O. The molecule has 3 nitrogen and oxygen atoms in total. The average Bonchev–Trinajstić information content (AvgIpc) is 2.97. The molecule has 1 unspecified atom stereocenters. The van der Waals surface area contributed by atoms with Crippen molar-refractivity contribution in [1.29, 1.82) is 0 Å². The summed E-state index contributed by atoms with van der Waals surface area (Å²) in [7, 11) is 1.76. The first kappa shape index (κ1) is 13.9. The Bertz CT molecular complexity index is 210. The molecule has 96 valence electrons. The number of nitrogens with one attached hydrogen (secondary N) is 1. The van der Waals surface area contributed by atoms with Crippen LogP contribution in [0.15, 0.2) is 0 Å². The minimum Gasteiger partial charge on any atom is -0.385 e. The number of methoxy groups -OCH3 is 1. The second-order valence-electron chi connectivity index (χ2n) is 6.29. The van der Waals surface area contributed by atoms with Crippen LogP contribution in [0.25, 0.3) is 0 Å². The molecule has 0 heterocycles. The lowest BCUT2D eigenvalue weighted by atomic mass is 9.89. The third-order valence-corrected chi connectivity index (χ3v) is 3.60. The summed E-state index contributed by atoms with van der Waals surface area (Å²) in [5.74, 6) is 0.738. The maximum absolute atomic E-state index is 6.26. The summed E-state index contributed by atoms with van der Waals surface area (Å²) < 4.78 is 5.12. The molecule has 1 atom stereocenters. The van der Waals surface area contributed by atoms with E-state index in [2.05, 4.69) is 26.1 Å². The maximum Gasteiger partial charge on any atom is 0.0467 e. The number of rotatable bonds is 8. The van der Waals surface area contributed by atoms with Gasteiger partial charge in [-0.05, 0) is 37.5 Å². The fourth-order valence-corrected chi connectivity index (χ4v) is 2.02. The van der Waals surface area contributed by atoms with Crippen molar-refractivity contribution in [2.24, 2.45) is 17.1 Å². The van der Waals surface area contributed by atoms with E-state index in [0.717, 1.165) is 32.0 Å². The number of nitrogens with two attached hydrogens (primary N) is 1. The number of hydrogen-bond acceptors (Lipinski definition) is 3. The summed E-state index contributed by atoms with van der Waals surface area (Å²) in [5, 5.41) is 3.52. The summed E-state index contributed by atoms with van der Waals surface area (Å²) in [6, 6.07) is 0. The molecule has 1 aliphatic carbocycles. The van der Waals surface area contributed by atoms with Crippen LogP contribution in [0.3, 0.4) is 0 Å². The Hall–Kier alpha value is -0.120. The lowest BCUT2D eigenvalue weighted by molar-refractivity contribution is 0.149. The smallest absolute Gasteiger partial charge is 0.0467 e. The van der Waals surface area contributed by atoms with Gasteiger partial charge in [-0.25, -0.2) is 0 Å². The van der Waals surface area contributed by atoms with Crippen molar-refractivity contribution in [2.45, 2.75) is 45.6 Å². The van der Waals surface area contributed by atoms with Gasteiger partial charge in [0.05, 0.1) is 0 Å².